The summed E-state index contributed by atoms with van der Waals surface area (Å²) < 4.78 is 14.1. The van der Waals surface area contributed by atoms with Crippen LogP contribution >= 0.6 is 0 Å². The predicted molar refractivity (Wildman–Crippen MR) is 83.0 cm³/mol. The molecule has 0 fully saturated rings. The van der Waals surface area contributed by atoms with Crippen LogP contribution in [-0.4, -0.2) is 50.8 Å². The molecule has 21 heavy (non-hydrogen) atoms. The molecule has 0 aromatic heterocycles. The minimum atomic E-state index is -0.256. The fourth-order valence-electron chi connectivity index (χ4n) is 2.19. The summed E-state index contributed by atoms with van der Waals surface area (Å²) in [6, 6.07) is 5.28. The van der Waals surface area contributed by atoms with Gasteiger partial charge in [0.1, 0.15) is 5.82 Å². The predicted octanol–water partition coefficient (Wildman–Crippen LogP) is 2.39. The molecule has 1 aliphatic rings. The Kier molecular flexibility index (Phi) is 5.51. The summed E-state index contributed by atoms with van der Waals surface area (Å²) >= 11 is 0. The highest BCUT2D eigenvalue weighted by molar-refractivity contribution is 5.67. The summed E-state index contributed by atoms with van der Waals surface area (Å²) in [6.07, 6.45) is 2.94. The Balaban J connectivity index is 2.12. The molecule has 4 heteroatoms. The summed E-state index contributed by atoms with van der Waals surface area (Å²) in [5.41, 5.74) is 2.55. The van der Waals surface area contributed by atoms with Gasteiger partial charge in [0, 0.05) is 13.1 Å². The van der Waals surface area contributed by atoms with Crippen molar-refractivity contribution < 1.29 is 9.23 Å². The van der Waals surface area contributed by atoms with E-state index in [1.165, 1.54) is 0 Å². The van der Waals surface area contributed by atoms with Gasteiger partial charge in [-0.15, -0.1) is 0 Å². The summed E-state index contributed by atoms with van der Waals surface area (Å²) in [5, 5.41) is 1.88. The number of halogens is 1. The number of hydrogen-bond donors (Lipinski definition) is 0. The van der Waals surface area contributed by atoms with Crippen molar-refractivity contribution in [3.63, 3.8) is 0 Å². The highest BCUT2D eigenvalue weighted by Crippen LogP contribution is 2.23. The lowest BCUT2D eigenvalue weighted by atomic mass is 9.99. The molecule has 112 valence electrons. The quantitative estimate of drug-likeness (QED) is 0.794. The second-order valence-electron chi connectivity index (χ2n) is 5.28. The molecule has 0 bridgehead atoms. The van der Waals surface area contributed by atoms with Crippen LogP contribution in [0.15, 0.2) is 24.3 Å². The lowest BCUT2D eigenvalue weighted by Crippen LogP contribution is -2.27. The highest BCUT2D eigenvalue weighted by atomic mass is 19.1. The fourth-order valence-corrected chi connectivity index (χ4v) is 2.19. The smallest absolute Gasteiger partial charge is 0.139 e. The molecule has 2 rings (SSSR count). The molecule has 3 nitrogen and oxygen atoms in total. The Labute approximate surface area is 126 Å². The topological polar surface area (TPSA) is 15.7 Å². The first kappa shape index (κ1) is 15.7. The standard InChI is InChI=1S/C17H21FN2O/c1-19(2)10-4-5-15-6-7-16(13-17(15)18)14-8-11-20(21-3)12-9-14/h6-8,13H,9-12H2,1-3H3. The SMILES string of the molecule is CON1CC=C(c2ccc(C#CCN(C)C)c(F)c2)CC1. The Morgan fingerprint density at radius 2 is 2.19 bits per heavy atom. The van der Waals surface area contributed by atoms with E-state index in [1.54, 1.807) is 19.2 Å². The van der Waals surface area contributed by atoms with E-state index in [1.807, 2.05) is 30.1 Å². The monoisotopic (exact) mass is 288 g/mol. The molecule has 0 spiro atoms. The van der Waals surface area contributed by atoms with Crippen LogP contribution in [0.4, 0.5) is 4.39 Å². The maximum Gasteiger partial charge on any atom is 0.139 e. The summed E-state index contributed by atoms with van der Waals surface area (Å²) in [4.78, 5) is 7.13. The van der Waals surface area contributed by atoms with Crippen molar-refractivity contribution in [2.24, 2.45) is 0 Å². The lowest BCUT2D eigenvalue weighted by molar-refractivity contribution is -0.122. The first-order chi connectivity index (χ1) is 10.1. The number of nitrogens with zero attached hydrogens (tertiary/aromatic N) is 2. The van der Waals surface area contributed by atoms with Crippen LogP contribution < -0.4 is 0 Å². The number of hydrogen-bond acceptors (Lipinski definition) is 3. The molecule has 0 aliphatic carbocycles. The zero-order chi connectivity index (χ0) is 15.2. The van der Waals surface area contributed by atoms with Gasteiger partial charge in [0.15, 0.2) is 0 Å². The normalized spacial score (nSPS) is 15.6. The van der Waals surface area contributed by atoms with E-state index in [2.05, 4.69) is 17.9 Å². The fraction of sp³-hybridized carbons (Fsp3) is 0.412. The lowest BCUT2D eigenvalue weighted by Gasteiger charge is -2.24. The van der Waals surface area contributed by atoms with Gasteiger partial charge in [-0.05, 0) is 43.8 Å². The zero-order valence-corrected chi connectivity index (χ0v) is 12.8. The van der Waals surface area contributed by atoms with Crippen molar-refractivity contribution >= 4 is 5.57 Å². The third-order valence-corrected chi connectivity index (χ3v) is 3.39. The molecule has 0 N–H and O–H groups in total. The van der Waals surface area contributed by atoms with Gasteiger partial charge in [-0.25, -0.2) is 4.39 Å². The third-order valence-electron chi connectivity index (χ3n) is 3.39. The number of rotatable bonds is 3. The highest BCUT2D eigenvalue weighted by Gasteiger charge is 2.13. The van der Waals surface area contributed by atoms with Gasteiger partial charge in [-0.3, -0.25) is 4.90 Å². The van der Waals surface area contributed by atoms with E-state index >= 15 is 0 Å². The van der Waals surface area contributed by atoms with Crippen LogP contribution in [-0.2, 0) is 4.84 Å². The second kappa shape index (κ2) is 7.37. The van der Waals surface area contributed by atoms with Gasteiger partial charge >= 0.3 is 0 Å². The van der Waals surface area contributed by atoms with Crippen LogP contribution in [0.3, 0.4) is 0 Å². The molecule has 0 saturated heterocycles. The molecule has 1 heterocycles. The summed E-state index contributed by atoms with van der Waals surface area (Å²) in [7, 11) is 5.54. The van der Waals surface area contributed by atoms with E-state index in [4.69, 9.17) is 4.84 Å². The van der Waals surface area contributed by atoms with Crippen LogP contribution in [0.1, 0.15) is 17.5 Å². The Morgan fingerprint density at radius 1 is 1.38 bits per heavy atom. The van der Waals surface area contributed by atoms with Gasteiger partial charge < -0.3 is 4.84 Å². The van der Waals surface area contributed by atoms with Crippen molar-refractivity contribution in [2.75, 3.05) is 40.8 Å². The Morgan fingerprint density at radius 3 is 2.76 bits per heavy atom. The number of hydroxylamine groups is 2. The van der Waals surface area contributed by atoms with E-state index in [0.717, 1.165) is 30.6 Å². The van der Waals surface area contributed by atoms with Crippen molar-refractivity contribution in [3.05, 3.63) is 41.2 Å². The summed E-state index contributed by atoms with van der Waals surface area (Å²) in [5.74, 6) is 5.57. The van der Waals surface area contributed by atoms with Crippen LogP contribution in [0.5, 0.6) is 0 Å². The molecule has 0 atom stereocenters. The molecule has 0 radical (unpaired) electrons. The Bertz CT molecular complexity index is 584. The second-order valence-corrected chi connectivity index (χ2v) is 5.28. The summed E-state index contributed by atoms with van der Waals surface area (Å²) in [6.45, 7) is 2.19. The molecule has 0 saturated carbocycles. The van der Waals surface area contributed by atoms with Crippen LogP contribution in [0.2, 0.25) is 0 Å². The molecular weight excluding hydrogens is 267 g/mol. The van der Waals surface area contributed by atoms with E-state index < -0.39 is 0 Å². The van der Waals surface area contributed by atoms with Gasteiger partial charge in [0.25, 0.3) is 0 Å². The first-order valence-corrected chi connectivity index (χ1v) is 7.01. The van der Waals surface area contributed by atoms with Crippen molar-refractivity contribution in [1.29, 1.82) is 0 Å². The number of benzene rings is 1. The maximum atomic E-state index is 14.1. The third kappa shape index (κ3) is 4.40. The molecular formula is C17H21FN2O. The van der Waals surface area contributed by atoms with E-state index in [0.29, 0.717) is 12.1 Å². The average Bonchev–Trinajstić information content (AvgIpc) is 2.48. The van der Waals surface area contributed by atoms with Crippen molar-refractivity contribution in [2.45, 2.75) is 6.42 Å². The van der Waals surface area contributed by atoms with Gasteiger partial charge in [0.05, 0.1) is 19.2 Å². The molecule has 1 aromatic carbocycles. The first-order valence-electron chi connectivity index (χ1n) is 7.01. The zero-order valence-electron chi connectivity index (χ0n) is 12.8. The minimum Gasteiger partial charge on any atom is -0.302 e. The maximum absolute atomic E-state index is 14.1. The van der Waals surface area contributed by atoms with Gasteiger partial charge in [0.2, 0.25) is 0 Å². The van der Waals surface area contributed by atoms with Gasteiger partial charge in [-0.1, -0.05) is 24.0 Å². The van der Waals surface area contributed by atoms with Gasteiger partial charge in [-0.2, -0.15) is 5.06 Å². The largest absolute Gasteiger partial charge is 0.302 e. The molecule has 1 aromatic rings. The van der Waals surface area contributed by atoms with E-state index in [-0.39, 0.29) is 5.82 Å². The van der Waals surface area contributed by atoms with Crippen molar-refractivity contribution in [3.8, 4) is 11.8 Å². The van der Waals surface area contributed by atoms with Crippen LogP contribution in [0, 0.1) is 17.7 Å². The average molecular weight is 288 g/mol. The molecule has 0 unspecified atom stereocenters. The van der Waals surface area contributed by atoms with Crippen LogP contribution in [0.25, 0.3) is 5.57 Å². The van der Waals surface area contributed by atoms with Crippen molar-refractivity contribution in [1.82, 2.24) is 9.96 Å². The molecule has 0 amide bonds. The Hall–Kier alpha value is -1.67. The van der Waals surface area contributed by atoms with E-state index in [9.17, 15) is 4.39 Å². The molecule has 1 aliphatic heterocycles. The minimum absolute atomic E-state index is 0.256.